The zero-order valence-corrected chi connectivity index (χ0v) is 87.7. The molecule has 10 rings (SSSR count). The lowest BCUT2D eigenvalue weighted by Crippen LogP contribution is -2.61. The molecule has 0 amide bonds. The number of pyridine rings is 2. The number of anilines is 1. The van der Waals surface area contributed by atoms with Crippen LogP contribution in [0.3, 0.4) is 0 Å². The number of carbonyl (C=O) groups is 2. The van der Waals surface area contributed by atoms with E-state index in [0.717, 1.165) is 27.5 Å². The van der Waals surface area contributed by atoms with Crippen molar-refractivity contribution in [3.8, 4) is 0 Å². The number of rotatable bonds is 24. The quantitative estimate of drug-likeness (QED) is 0.0230. The number of benzene rings is 2. The fourth-order valence-electron chi connectivity index (χ4n) is 21.0. The molecule has 0 spiro atoms. The molecule has 8 heterocycles. The summed E-state index contributed by atoms with van der Waals surface area (Å²) in [5, 5.41) is 102. The van der Waals surface area contributed by atoms with Crippen LogP contribution in [0.15, 0.2) is 60.9 Å². The van der Waals surface area contributed by atoms with Gasteiger partial charge in [-0.15, -0.1) is 0 Å². The Hall–Kier alpha value is -4.13. The van der Waals surface area contributed by atoms with Crippen molar-refractivity contribution < 1.29 is 117 Å². The number of nitrogens with zero attached hydrogens (tertiary/aromatic N) is 6. The van der Waals surface area contributed by atoms with Crippen LogP contribution < -0.4 is 11.1 Å². The highest BCUT2D eigenvalue weighted by Crippen LogP contribution is 2.45. The van der Waals surface area contributed by atoms with Gasteiger partial charge in [0.1, 0.15) is 60.0 Å². The highest BCUT2D eigenvalue weighted by atomic mass is 35.5. The van der Waals surface area contributed by atoms with Crippen molar-refractivity contribution in [2.24, 2.45) is 41.2 Å². The SMILES string of the molecule is CC[C@H]1OC(=O)[C@H](C)[C@@H](O[C@H]2C[C@@](C)(OC)[C@@H](O)[C@H](C)O2)[C@H](C)[C@@H](O[C@@H]2O[C@H](C)C[C@H](N(C)C)[C@H]2OCCCN)[C@](C)(O)C[C@@H](C)CN(C)[C@H](C)[C@@H](O)[C@]1(C)O.CC[C@H]1OC(=O)[C@H](C)[C@@H](O[C@H]2C[C@@](C)(OC)[C@@H](O)[C@H](C)O2)[C@H](C)[C@@H](O[C@@H]2O[C@H](C)C[C@H](N(C)C)[C@H]2OCCCNc2ccnc3cc(Cl)ccc23)[C@](C)(O)C[C@@H](C)CN(C)[C@H](C)[C@@H](O)[C@]1(C)O.Clc1ccc2c(Cl)ccnc2c1. The van der Waals surface area contributed by atoms with Crippen LogP contribution in [-0.2, 0) is 75.9 Å². The van der Waals surface area contributed by atoms with Crippen molar-refractivity contribution >= 4 is 74.2 Å². The second-order valence-corrected chi connectivity index (χ2v) is 42.7. The van der Waals surface area contributed by atoms with Gasteiger partial charge in [0.15, 0.2) is 25.2 Å². The van der Waals surface area contributed by atoms with Gasteiger partial charge in [0.2, 0.25) is 0 Å². The molecule has 0 aliphatic carbocycles. The second-order valence-electron chi connectivity index (χ2n) is 41.4. The lowest BCUT2D eigenvalue weighted by Gasteiger charge is -2.49. The molecule has 0 saturated carbocycles. The molecule has 6 saturated heterocycles. The molecule has 6 aliphatic heterocycles. The molecule has 772 valence electrons. The number of aromatic nitrogens is 2. The van der Waals surface area contributed by atoms with Crippen molar-refractivity contribution in [2.45, 2.75) is 383 Å². The van der Waals surface area contributed by atoms with Crippen LogP contribution in [0, 0.1) is 35.5 Å². The number of aliphatic hydroxyl groups excluding tert-OH is 4. The van der Waals surface area contributed by atoms with Gasteiger partial charge < -0.3 is 138 Å². The Kier molecular flexibility index (Phi) is 43.4. The highest BCUT2D eigenvalue weighted by Gasteiger charge is 2.57. The number of nitrogens with one attached hydrogen (secondary N) is 1. The first kappa shape index (κ1) is 116. The summed E-state index contributed by atoms with van der Waals surface area (Å²) in [5.74, 6) is -5.09. The number of halogens is 3. The third-order valence-electron chi connectivity index (χ3n) is 29.3. The van der Waals surface area contributed by atoms with Crippen molar-refractivity contribution in [3.63, 3.8) is 0 Å². The number of fused-ring (bicyclic) bond motifs is 2. The van der Waals surface area contributed by atoms with Crippen LogP contribution in [0.5, 0.6) is 0 Å². The van der Waals surface area contributed by atoms with Crippen LogP contribution in [0.1, 0.15) is 203 Å². The Balaban J connectivity index is 0.000000297. The zero-order valence-electron chi connectivity index (χ0n) is 85.4. The van der Waals surface area contributed by atoms with Gasteiger partial charge in [0.25, 0.3) is 0 Å². The van der Waals surface area contributed by atoms with Crippen molar-refractivity contribution in [1.29, 1.82) is 0 Å². The Morgan fingerprint density at radius 2 is 0.904 bits per heavy atom. The van der Waals surface area contributed by atoms with Crippen LogP contribution in [0.25, 0.3) is 21.8 Å². The van der Waals surface area contributed by atoms with Gasteiger partial charge in [-0.05, 0) is 257 Å². The van der Waals surface area contributed by atoms with E-state index in [1.54, 1.807) is 99.8 Å². The molecule has 0 unspecified atom stereocenters. The predicted molar refractivity (Wildman–Crippen MR) is 521 cm³/mol. The van der Waals surface area contributed by atoms with E-state index in [1.807, 2.05) is 138 Å². The van der Waals surface area contributed by atoms with Crippen LogP contribution in [-0.4, -0.2) is 359 Å². The fourth-order valence-corrected chi connectivity index (χ4v) is 21.5. The third-order valence-corrected chi connectivity index (χ3v) is 30.1. The Bertz CT molecular complexity index is 4310. The molecule has 4 aromatic rings. The molecule has 6 fully saturated rings. The minimum absolute atomic E-state index is 0.0699. The monoisotopic (exact) mass is 1970 g/mol. The van der Waals surface area contributed by atoms with Crippen LogP contribution >= 0.6 is 34.8 Å². The number of carbonyl (C=O) groups excluding carboxylic acids is 2. The maximum atomic E-state index is 14.5. The molecule has 11 N–H and O–H groups in total. The minimum atomic E-state index is -1.82. The molecule has 35 heteroatoms. The first-order chi connectivity index (χ1) is 63.1. The molecule has 0 bridgehead atoms. The van der Waals surface area contributed by atoms with E-state index in [4.69, 9.17) is 107 Å². The van der Waals surface area contributed by atoms with Crippen molar-refractivity contribution in [1.82, 2.24) is 29.6 Å². The molecule has 2 aromatic heterocycles. The van der Waals surface area contributed by atoms with E-state index in [1.165, 1.54) is 28.1 Å². The number of ether oxygens (including phenoxy) is 14. The summed E-state index contributed by atoms with van der Waals surface area (Å²) in [7, 11) is 14.8. The normalized spacial score (nSPS) is 40.8. The first-order valence-corrected chi connectivity index (χ1v) is 49.7. The summed E-state index contributed by atoms with van der Waals surface area (Å²) in [6.45, 7) is 38.6. The van der Waals surface area contributed by atoms with E-state index in [-0.39, 0.29) is 74.7 Å². The second kappa shape index (κ2) is 50.4. The maximum absolute atomic E-state index is 14.5. The van der Waals surface area contributed by atoms with Gasteiger partial charge >= 0.3 is 11.9 Å². The molecule has 2 aromatic carbocycles. The Morgan fingerprint density at radius 1 is 0.519 bits per heavy atom. The van der Waals surface area contributed by atoms with Gasteiger partial charge in [0, 0.05) is 135 Å². The van der Waals surface area contributed by atoms with Gasteiger partial charge in [-0.1, -0.05) is 76.3 Å². The Morgan fingerprint density at radius 3 is 1.29 bits per heavy atom. The molecule has 0 radical (unpaired) electrons. The van der Waals surface area contributed by atoms with Gasteiger partial charge in [-0.2, -0.15) is 0 Å². The topological polar surface area (TPSA) is 402 Å². The molecule has 32 nitrogen and oxygen atoms in total. The van der Waals surface area contributed by atoms with E-state index in [9.17, 15) is 50.4 Å². The molecular weight excluding hydrogens is 1800 g/mol. The summed E-state index contributed by atoms with van der Waals surface area (Å²) in [5.41, 5.74) is -0.342. The number of methoxy groups -OCH3 is 2. The van der Waals surface area contributed by atoms with E-state index < -0.39 is 192 Å². The number of nitrogens with two attached hydrogens (primary N) is 1. The number of likely N-dealkylation sites (N-methyl/N-ethyl adjacent to an activating group) is 4. The summed E-state index contributed by atoms with van der Waals surface area (Å²) in [6.07, 6.45) is -9.93. The average molecular weight is 1970 g/mol. The summed E-state index contributed by atoms with van der Waals surface area (Å²) in [4.78, 5) is 45.6. The molecule has 6 aliphatic rings. The number of esters is 2. The third kappa shape index (κ3) is 29.4. The standard InChI is InChI=1S/C50H83ClN4O12.C41H79N3O12.C9H5Cl2N/c1-15-39-50(10,60)43(56)32(6)55(13)27-28(2)25-48(8,59)45(30(4)41(31(5)46(58)65-39)66-40-26-49(9,61-14)44(57)33(7)64-40)67-47-42(38(54(11)12)23-29(3)63-47)62-22-16-20-52-36-19-21-53-37-24-34(51)17-18-35(36)37;1-15-30-41(10,49)34(45)27(6)44(13)22-23(2)20-39(8,48)36(56-38-33(51-18-16-17-42)29(43(11)12)19-24(3)52-38)25(4)32(26(5)37(47)54-30)55-31-21-40(9,50-14)35(46)28(7)53-31;10-6-1-2-7-8(11)3-4-12-9(7)5-6/h17-19,21,24,28-33,38-45,47,56-57,59-60H,15-16,20,22-23,25-27H2,1-14H3,(H,52,53);23-36,38,45-46,48-49H,15-22,42H2,1-14H3;1-5H/t28-,29-,30+,31-,32-,33+,38+,39-,40+,41+,42-,43-,44+,45-,47+,48-,49-,50-;23-,24-,25+,26-,27-,28+,29+,30-,31+,32+,33-,34-,35+,36-,38+,39-,40-,41-;/m11./s1. The maximum Gasteiger partial charge on any atom is 0.311 e. The molecular formula is C100H167Cl3N8O24. The number of aliphatic hydroxyl groups is 8. The molecule has 135 heavy (non-hydrogen) atoms. The smallest absolute Gasteiger partial charge is 0.311 e. The summed E-state index contributed by atoms with van der Waals surface area (Å²) < 4.78 is 90.7. The largest absolute Gasteiger partial charge is 0.459 e. The first-order valence-electron chi connectivity index (χ1n) is 48.6. The van der Waals surface area contributed by atoms with Crippen LogP contribution in [0.4, 0.5) is 5.69 Å². The van der Waals surface area contributed by atoms with Crippen molar-refractivity contribution in [3.05, 3.63) is 76.0 Å². The Labute approximate surface area is 817 Å². The fraction of sp³-hybridized carbons (Fsp3) is 0.800. The summed E-state index contributed by atoms with van der Waals surface area (Å²) >= 11 is 18.0. The highest BCUT2D eigenvalue weighted by molar-refractivity contribution is 6.36. The zero-order chi connectivity index (χ0) is 101. The minimum Gasteiger partial charge on any atom is -0.459 e. The predicted octanol–water partition coefficient (Wildman–Crippen LogP) is 11.4. The van der Waals surface area contributed by atoms with E-state index in [0.29, 0.717) is 80.1 Å². The van der Waals surface area contributed by atoms with Gasteiger partial charge in [0.05, 0.1) is 99.1 Å². The van der Waals surface area contributed by atoms with Crippen molar-refractivity contribution in [2.75, 3.05) is 101 Å². The van der Waals surface area contributed by atoms with Gasteiger partial charge in [-0.3, -0.25) is 19.6 Å². The number of hydrogen-bond donors (Lipinski definition) is 10. The molecule has 36 atom stereocenters. The number of cyclic esters (lactones) is 2. The van der Waals surface area contributed by atoms with E-state index in [2.05, 4.69) is 25.1 Å². The van der Waals surface area contributed by atoms with Crippen LogP contribution in [0.2, 0.25) is 15.1 Å². The van der Waals surface area contributed by atoms with E-state index >= 15 is 0 Å². The lowest BCUT2D eigenvalue weighted by atomic mass is 9.77. The average Bonchev–Trinajstić information content (AvgIpc) is 1.77. The number of hydrogen-bond acceptors (Lipinski definition) is 32. The van der Waals surface area contributed by atoms with Gasteiger partial charge in [-0.25, -0.2) is 0 Å². The lowest BCUT2D eigenvalue weighted by molar-refractivity contribution is -0.321. The summed E-state index contributed by atoms with van der Waals surface area (Å²) in [6, 6.07) is 13.5.